The van der Waals surface area contributed by atoms with Crippen LogP contribution in [-0.2, 0) is 9.59 Å². The van der Waals surface area contributed by atoms with Crippen LogP contribution in [0.15, 0.2) is 0 Å². The van der Waals surface area contributed by atoms with Crippen LogP contribution in [0.25, 0.3) is 0 Å². The van der Waals surface area contributed by atoms with Gasteiger partial charge in [0.05, 0.1) is 6.04 Å². The summed E-state index contributed by atoms with van der Waals surface area (Å²) >= 11 is 0. The molecule has 2 aliphatic rings. The summed E-state index contributed by atoms with van der Waals surface area (Å²) in [5, 5.41) is 3.24. The number of hydrogen-bond donors (Lipinski definition) is 1. The van der Waals surface area contributed by atoms with Crippen LogP contribution in [-0.4, -0.2) is 59.9 Å². The number of hydrogen-bond acceptors (Lipinski definition) is 3. The fourth-order valence-corrected chi connectivity index (χ4v) is 3.42. The maximum atomic E-state index is 12.4. The van der Waals surface area contributed by atoms with E-state index < -0.39 is 0 Å². The lowest BCUT2D eigenvalue weighted by Crippen LogP contribution is -2.56. The molecule has 1 saturated heterocycles. The van der Waals surface area contributed by atoms with Crippen molar-refractivity contribution in [3.05, 3.63) is 0 Å². The monoisotopic (exact) mass is 295 g/mol. The van der Waals surface area contributed by atoms with Crippen molar-refractivity contribution < 1.29 is 9.59 Å². The minimum atomic E-state index is -0.103. The second-order valence-corrected chi connectivity index (χ2v) is 6.59. The van der Waals surface area contributed by atoms with Gasteiger partial charge in [0.1, 0.15) is 0 Å². The molecule has 0 radical (unpaired) electrons. The molecule has 2 rings (SSSR count). The van der Waals surface area contributed by atoms with E-state index >= 15 is 0 Å². The van der Waals surface area contributed by atoms with E-state index in [2.05, 4.69) is 17.1 Å². The molecule has 0 bridgehead atoms. The van der Waals surface area contributed by atoms with E-state index in [0.717, 1.165) is 32.6 Å². The van der Waals surface area contributed by atoms with Crippen molar-refractivity contribution in [2.45, 2.75) is 58.5 Å². The van der Waals surface area contributed by atoms with Crippen molar-refractivity contribution in [1.29, 1.82) is 0 Å². The summed E-state index contributed by atoms with van der Waals surface area (Å²) < 4.78 is 0. The average molecular weight is 295 g/mol. The topological polar surface area (TPSA) is 52.7 Å². The molecule has 1 aliphatic heterocycles. The van der Waals surface area contributed by atoms with Crippen molar-refractivity contribution in [2.24, 2.45) is 5.92 Å². The van der Waals surface area contributed by atoms with Crippen molar-refractivity contribution in [1.82, 2.24) is 15.1 Å². The van der Waals surface area contributed by atoms with E-state index in [-0.39, 0.29) is 17.9 Å². The number of nitrogens with one attached hydrogen (secondary N) is 1. The molecule has 0 spiro atoms. The summed E-state index contributed by atoms with van der Waals surface area (Å²) in [5.41, 5.74) is 0. The van der Waals surface area contributed by atoms with Crippen LogP contribution in [0.4, 0.5) is 0 Å². The molecule has 0 unspecified atom stereocenters. The molecule has 1 N–H and O–H groups in total. The molecule has 0 aromatic carbocycles. The second-order valence-electron chi connectivity index (χ2n) is 6.59. The quantitative estimate of drug-likeness (QED) is 0.852. The fraction of sp³-hybridized carbons (Fsp3) is 0.875. The van der Waals surface area contributed by atoms with E-state index in [1.807, 2.05) is 11.8 Å². The van der Waals surface area contributed by atoms with E-state index in [4.69, 9.17) is 0 Å². The summed E-state index contributed by atoms with van der Waals surface area (Å²) in [6.45, 7) is 8.85. The van der Waals surface area contributed by atoms with Gasteiger partial charge >= 0.3 is 0 Å². The van der Waals surface area contributed by atoms with Crippen LogP contribution in [0.1, 0.15) is 46.5 Å². The Bertz CT molecular complexity index is 378. The number of amides is 2. The molecule has 1 heterocycles. The average Bonchev–Trinajstić information content (AvgIpc) is 2.49. The van der Waals surface area contributed by atoms with Gasteiger partial charge in [-0.15, -0.1) is 0 Å². The first-order chi connectivity index (χ1) is 9.99. The maximum Gasteiger partial charge on any atom is 0.237 e. The van der Waals surface area contributed by atoms with Gasteiger partial charge in [-0.25, -0.2) is 0 Å². The maximum absolute atomic E-state index is 12.4. The van der Waals surface area contributed by atoms with Crippen molar-refractivity contribution in [3.8, 4) is 0 Å². The van der Waals surface area contributed by atoms with Gasteiger partial charge in [-0.3, -0.25) is 14.5 Å². The second kappa shape index (κ2) is 7.25. The molecule has 1 aliphatic carbocycles. The third kappa shape index (κ3) is 4.19. The molecule has 2 amide bonds. The minimum Gasteiger partial charge on any atom is -0.352 e. The van der Waals surface area contributed by atoms with E-state index in [1.54, 1.807) is 6.92 Å². The lowest BCUT2D eigenvalue weighted by molar-refractivity contribution is -0.132. The fourth-order valence-electron chi connectivity index (χ4n) is 3.42. The SMILES string of the molecule is CC(=O)N1CCN([C@H](C)C(=O)N[C@H]2CCCC[C@@H]2C)CC1. The predicted molar refractivity (Wildman–Crippen MR) is 82.9 cm³/mol. The number of carbonyl (C=O) groups excluding carboxylic acids is 2. The van der Waals surface area contributed by atoms with Crippen molar-refractivity contribution in [2.75, 3.05) is 26.2 Å². The Morgan fingerprint density at radius 2 is 1.71 bits per heavy atom. The van der Waals surface area contributed by atoms with Crippen LogP contribution in [0, 0.1) is 5.92 Å². The number of piperazine rings is 1. The van der Waals surface area contributed by atoms with Gasteiger partial charge in [-0.1, -0.05) is 19.8 Å². The van der Waals surface area contributed by atoms with Gasteiger partial charge in [0.25, 0.3) is 0 Å². The Hall–Kier alpha value is -1.10. The zero-order valence-corrected chi connectivity index (χ0v) is 13.6. The van der Waals surface area contributed by atoms with Crippen LogP contribution in [0.3, 0.4) is 0 Å². The number of nitrogens with zero attached hydrogens (tertiary/aromatic N) is 2. The van der Waals surface area contributed by atoms with Gasteiger partial charge in [0.2, 0.25) is 11.8 Å². The summed E-state index contributed by atoms with van der Waals surface area (Å²) in [4.78, 5) is 27.8. The van der Waals surface area contributed by atoms with Gasteiger partial charge in [0.15, 0.2) is 0 Å². The highest BCUT2D eigenvalue weighted by Gasteiger charge is 2.29. The molecule has 2 fully saturated rings. The highest BCUT2D eigenvalue weighted by molar-refractivity contribution is 5.81. The molecule has 0 aromatic heterocycles. The largest absolute Gasteiger partial charge is 0.352 e. The minimum absolute atomic E-state index is 0.103. The molecule has 120 valence electrons. The first-order valence-electron chi connectivity index (χ1n) is 8.29. The van der Waals surface area contributed by atoms with Gasteiger partial charge < -0.3 is 10.2 Å². The van der Waals surface area contributed by atoms with Crippen molar-refractivity contribution in [3.63, 3.8) is 0 Å². The Morgan fingerprint density at radius 1 is 1.10 bits per heavy atom. The molecular weight excluding hydrogens is 266 g/mol. The van der Waals surface area contributed by atoms with Gasteiger partial charge in [0, 0.05) is 39.1 Å². The first-order valence-corrected chi connectivity index (χ1v) is 8.29. The normalized spacial score (nSPS) is 29.0. The Kier molecular flexibility index (Phi) is 5.62. The van der Waals surface area contributed by atoms with Gasteiger partial charge in [-0.2, -0.15) is 0 Å². The van der Waals surface area contributed by atoms with Crippen LogP contribution in [0.5, 0.6) is 0 Å². The third-order valence-corrected chi connectivity index (χ3v) is 5.13. The summed E-state index contributed by atoms with van der Waals surface area (Å²) in [6, 6.07) is 0.237. The zero-order valence-electron chi connectivity index (χ0n) is 13.6. The third-order valence-electron chi connectivity index (χ3n) is 5.13. The Balaban J connectivity index is 1.81. The van der Waals surface area contributed by atoms with Crippen LogP contribution < -0.4 is 5.32 Å². The van der Waals surface area contributed by atoms with E-state index in [0.29, 0.717) is 12.0 Å². The smallest absolute Gasteiger partial charge is 0.237 e. The number of carbonyl (C=O) groups is 2. The molecule has 5 heteroatoms. The Morgan fingerprint density at radius 3 is 2.29 bits per heavy atom. The summed E-state index contributed by atoms with van der Waals surface area (Å²) in [6.07, 6.45) is 4.84. The highest BCUT2D eigenvalue weighted by atomic mass is 16.2. The number of rotatable bonds is 3. The molecule has 5 nitrogen and oxygen atoms in total. The van der Waals surface area contributed by atoms with E-state index in [1.165, 1.54) is 19.3 Å². The summed E-state index contributed by atoms with van der Waals surface area (Å²) in [7, 11) is 0. The first kappa shape index (κ1) is 16.3. The predicted octanol–water partition coefficient (Wildman–Crippen LogP) is 1.23. The highest BCUT2D eigenvalue weighted by Crippen LogP contribution is 2.23. The molecule has 0 aromatic rings. The van der Waals surface area contributed by atoms with E-state index in [9.17, 15) is 9.59 Å². The van der Waals surface area contributed by atoms with Gasteiger partial charge in [-0.05, 0) is 25.7 Å². The lowest BCUT2D eigenvalue weighted by atomic mass is 9.86. The standard InChI is InChI=1S/C16H29N3O2/c1-12-6-4-5-7-15(12)17-16(21)13(2)18-8-10-19(11-9-18)14(3)20/h12-13,15H,4-11H2,1-3H3,(H,17,21)/t12-,13+,15-/m0/s1. The van der Waals surface area contributed by atoms with Crippen LogP contribution >= 0.6 is 0 Å². The lowest BCUT2D eigenvalue weighted by Gasteiger charge is -2.38. The van der Waals surface area contributed by atoms with Crippen molar-refractivity contribution >= 4 is 11.8 Å². The molecular formula is C16H29N3O2. The summed E-state index contributed by atoms with van der Waals surface area (Å²) in [5.74, 6) is 0.859. The zero-order chi connectivity index (χ0) is 15.4. The van der Waals surface area contributed by atoms with Crippen LogP contribution in [0.2, 0.25) is 0 Å². The Labute approximate surface area is 128 Å². The molecule has 3 atom stereocenters. The molecule has 1 saturated carbocycles. The molecule has 21 heavy (non-hydrogen) atoms.